The van der Waals surface area contributed by atoms with E-state index in [1.807, 2.05) is 20.8 Å². The normalized spacial score (nSPS) is 19.2. The number of hydrogen-bond donors (Lipinski definition) is 3. The third-order valence-electron chi connectivity index (χ3n) is 5.44. The van der Waals surface area contributed by atoms with Gasteiger partial charge in [-0.1, -0.05) is 46.1 Å². The number of β-lactam (4-membered cyclic amide) rings is 1. The van der Waals surface area contributed by atoms with E-state index < -0.39 is 39.2 Å². The molecule has 0 aromatic rings. The lowest BCUT2D eigenvalue weighted by Crippen LogP contribution is -2.64. The quantitative estimate of drug-likeness (QED) is 0.190. The van der Waals surface area contributed by atoms with Gasteiger partial charge in [0.15, 0.2) is 14.8 Å². The molecule has 1 aliphatic heterocycles. The molecule has 0 unspecified atom stereocenters. The van der Waals surface area contributed by atoms with E-state index >= 15 is 0 Å². The van der Waals surface area contributed by atoms with E-state index in [9.17, 15) is 19.2 Å². The summed E-state index contributed by atoms with van der Waals surface area (Å²) in [5.74, 6) is -0.949. The van der Waals surface area contributed by atoms with E-state index in [4.69, 9.17) is 13.9 Å². The summed E-state index contributed by atoms with van der Waals surface area (Å²) in [6, 6.07) is -1.47. The molecule has 0 spiro atoms. The van der Waals surface area contributed by atoms with E-state index in [1.54, 1.807) is 0 Å². The number of hydrogen-bond acceptors (Lipinski definition) is 7. The molecule has 0 radical (unpaired) electrons. The van der Waals surface area contributed by atoms with Gasteiger partial charge < -0.3 is 29.9 Å². The molecule has 1 heterocycles. The van der Waals surface area contributed by atoms with E-state index in [0.717, 1.165) is 0 Å². The molecule has 3 amide bonds. The van der Waals surface area contributed by atoms with Crippen LogP contribution in [0.15, 0.2) is 25.3 Å². The highest BCUT2D eigenvalue weighted by atomic mass is 28.3. The third kappa shape index (κ3) is 9.68. The van der Waals surface area contributed by atoms with Crippen molar-refractivity contribution >= 4 is 32.9 Å². The first kappa shape index (κ1) is 29.4. The summed E-state index contributed by atoms with van der Waals surface area (Å²) < 4.78 is 15.7. The van der Waals surface area contributed by atoms with Crippen LogP contribution in [0.5, 0.6) is 0 Å². The van der Waals surface area contributed by atoms with Crippen molar-refractivity contribution in [3.05, 3.63) is 25.3 Å². The van der Waals surface area contributed by atoms with Gasteiger partial charge in [-0.3, -0.25) is 9.59 Å². The van der Waals surface area contributed by atoms with Gasteiger partial charge in [-0.15, -0.1) is 0 Å². The Hall–Kier alpha value is -2.66. The summed E-state index contributed by atoms with van der Waals surface area (Å²) in [7, 11) is -1.29. The van der Waals surface area contributed by atoms with Crippen LogP contribution in [0.4, 0.5) is 9.59 Å². The minimum Gasteiger partial charge on any atom is -0.445 e. The Labute approximate surface area is 203 Å². The second-order valence-corrected chi connectivity index (χ2v) is 11.9. The maximum atomic E-state index is 13.1. The molecule has 1 fully saturated rings. The van der Waals surface area contributed by atoms with Crippen molar-refractivity contribution in [1.29, 1.82) is 0 Å². The molecule has 0 aromatic heterocycles. The van der Waals surface area contributed by atoms with Crippen LogP contribution in [0.25, 0.3) is 0 Å². The summed E-state index contributed by atoms with van der Waals surface area (Å²) in [4.78, 5) is 49.4. The average molecular weight is 498 g/mol. The molecule has 4 atom stereocenters. The molecule has 0 bridgehead atoms. The van der Waals surface area contributed by atoms with Crippen LogP contribution in [0, 0.1) is 17.3 Å². The first-order valence-corrected chi connectivity index (χ1v) is 14.2. The van der Waals surface area contributed by atoms with Gasteiger partial charge in [0, 0.05) is 25.6 Å². The molecule has 0 aromatic carbocycles. The van der Waals surface area contributed by atoms with Gasteiger partial charge in [0.25, 0.3) is 0 Å². The molecule has 11 heteroatoms. The van der Waals surface area contributed by atoms with Crippen LogP contribution in [-0.4, -0.2) is 71.4 Å². The molecule has 3 N–H and O–H groups in total. The van der Waals surface area contributed by atoms with Crippen LogP contribution in [0.1, 0.15) is 27.2 Å². The largest absolute Gasteiger partial charge is 0.445 e. The molecule has 192 valence electrons. The summed E-state index contributed by atoms with van der Waals surface area (Å²) in [6.07, 6.45) is 1.21. The van der Waals surface area contributed by atoms with E-state index in [1.165, 1.54) is 12.2 Å². The van der Waals surface area contributed by atoms with Crippen LogP contribution >= 0.6 is 0 Å². The van der Waals surface area contributed by atoms with Crippen molar-refractivity contribution in [1.82, 2.24) is 16.0 Å². The van der Waals surface area contributed by atoms with Gasteiger partial charge in [-0.25, -0.2) is 9.59 Å². The third-order valence-corrected chi connectivity index (χ3v) is 6.29. The Morgan fingerprint density at radius 2 is 1.71 bits per heavy atom. The van der Waals surface area contributed by atoms with Gasteiger partial charge >= 0.3 is 12.2 Å². The summed E-state index contributed by atoms with van der Waals surface area (Å²) in [5, 5.41) is 7.72. The number of carbonyl (C=O) groups is 4. The number of amides is 3. The van der Waals surface area contributed by atoms with Crippen molar-refractivity contribution in [2.45, 2.75) is 52.4 Å². The molecule has 0 saturated carbocycles. The van der Waals surface area contributed by atoms with E-state index in [-0.39, 0.29) is 49.2 Å². The van der Waals surface area contributed by atoms with Gasteiger partial charge in [0.1, 0.15) is 19.3 Å². The molecule has 1 rings (SSSR count). The van der Waals surface area contributed by atoms with Crippen LogP contribution in [-0.2, 0) is 23.5 Å². The summed E-state index contributed by atoms with van der Waals surface area (Å²) in [5.41, 5.74) is -0.213. The lowest BCUT2D eigenvalue weighted by Gasteiger charge is -2.46. The lowest BCUT2D eigenvalue weighted by molar-refractivity contribution is -0.143. The number of ether oxygens (including phenoxy) is 2. The van der Waals surface area contributed by atoms with Gasteiger partial charge in [-0.05, 0) is 24.4 Å². The highest BCUT2D eigenvalue weighted by Crippen LogP contribution is 2.39. The predicted octanol–water partition coefficient (Wildman–Crippen LogP) is 1.92. The van der Waals surface area contributed by atoms with Crippen molar-refractivity contribution in [3.63, 3.8) is 0 Å². The first-order chi connectivity index (χ1) is 15.9. The predicted molar refractivity (Wildman–Crippen MR) is 131 cm³/mol. The Kier molecular flexibility index (Phi) is 12.0. The van der Waals surface area contributed by atoms with Crippen molar-refractivity contribution in [3.8, 4) is 0 Å². The molecule has 1 aliphatic rings. The molecular formula is C23H39N3O7Si. The maximum Gasteiger partial charge on any atom is 0.408 e. The number of alkyl carbamates (subject to hydrolysis) is 2. The number of carbonyl (C=O) groups excluding carboxylic acids is 4. The smallest absolute Gasteiger partial charge is 0.408 e. The number of nitrogens with one attached hydrogen (secondary N) is 3. The zero-order valence-electron chi connectivity index (χ0n) is 20.8. The van der Waals surface area contributed by atoms with Gasteiger partial charge in [0.2, 0.25) is 5.91 Å². The summed E-state index contributed by atoms with van der Waals surface area (Å²) in [6.45, 7) is 17.4. The molecular weight excluding hydrogens is 458 g/mol. The van der Waals surface area contributed by atoms with E-state index in [0.29, 0.717) is 6.61 Å². The second kappa shape index (κ2) is 13.9. The van der Waals surface area contributed by atoms with Gasteiger partial charge in [-0.2, -0.15) is 0 Å². The zero-order valence-corrected chi connectivity index (χ0v) is 22.0. The number of ketones is 1. The van der Waals surface area contributed by atoms with Crippen LogP contribution < -0.4 is 16.0 Å². The molecule has 0 aliphatic carbocycles. The number of Topliss-reactive ketones (excluding diaryl/α,β-unsaturated/α-hetero) is 1. The monoisotopic (exact) mass is 497 g/mol. The molecule has 10 nitrogen and oxygen atoms in total. The van der Waals surface area contributed by atoms with Crippen molar-refractivity contribution < 1.29 is 33.1 Å². The Balaban J connectivity index is 2.91. The first-order valence-electron chi connectivity index (χ1n) is 11.4. The SMILES string of the molecule is C=CCOC(=O)NC[C@@H](NC(=O)OCC=C)C(=O)C[C@H]1NC(=O)[C@H]1[C@@H](CO[SiH](C)C)C(C)(C)C. The van der Waals surface area contributed by atoms with Crippen LogP contribution in [0.2, 0.25) is 13.1 Å². The Morgan fingerprint density at radius 1 is 1.12 bits per heavy atom. The topological polar surface area (TPSA) is 132 Å². The Morgan fingerprint density at radius 3 is 2.21 bits per heavy atom. The highest BCUT2D eigenvalue weighted by molar-refractivity contribution is 6.48. The zero-order chi connectivity index (χ0) is 25.9. The van der Waals surface area contributed by atoms with Crippen molar-refractivity contribution in [2.24, 2.45) is 17.3 Å². The second-order valence-electron chi connectivity index (χ2n) is 9.52. The van der Waals surface area contributed by atoms with E-state index in [2.05, 4.69) is 42.2 Å². The van der Waals surface area contributed by atoms with Crippen LogP contribution in [0.3, 0.4) is 0 Å². The molecule has 1 saturated heterocycles. The fourth-order valence-electron chi connectivity index (χ4n) is 3.58. The fourth-order valence-corrected chi connectivity index (χ4v) is 4.17. The standard InChI is InChI=1S/C23H39N3O7Si/c1-8-10-31-21(29)24-13-17(26-22(30)32-11-9-2)18(27)12-16-19(20(28)25-16)15(23(3,4)5)14-33-34(6)7/h8-9,15-17,19,34H,1-2,10-14H2,3-7H3,(H,24,29)(H,25,28)(H,26,30)/t15-,16-,17-,19+/m1/s1. The Bertz CT molecular complexity index is 751. The summed E-state index contributed by atoms with van der Waals surface area (Å²) >= 11 is 0. The van der Waals surface area contributed by atoms with Gasteiger partial charge in [0.05, 0.1) is 5.92 Å². The number of rotatable bonds is 14. The minimum atomic E-state index is -1.29. The van der Waals surface area contributed by atoms with Crippen molar-refractivity contribution in [2.75, 3.05) is 26.4 Å². The lowest BCUT2D eigenvalue weighted by atomic mass is 9.66. The minimum absolute atomic E-state index is 0.00450. The average Bonchev–Trinajstić information content (AvgIpc) is 2.74. The maximum absolute atomic E-state index is 13.1. The molecule has 34 heavy (non-hydrogen) atoms. The highest BCUT2D eigenvalue weighted by Gasteiger charge is 2.49. The fraction of sp³-hybridized carbons (Fsp3) is 0.652.